The van der Waals surface area contributed by atoms with Gasteiger partial charge in [-0.3, -0.25) is 0 Å². The summed E-state index contributed by atoms with van der Waals surface area (Å²) in [5.74, 6) is 0. The molecule has 3 aromatic heterocycles. The maximum Gasteiger partial charge on any atom is 0.0645 e. The van der Waals surface area contributed by atoms with Crippen LogP contribution in [0.25, 0.3) is 97.4 Å². The van der Waals surface area contributed by atoms with Gasteiger partial charge in [0, 0.05) is 53.0 Å². The molecule has 3 heteroatoms. The molecule has 0 aliphatic rings. The maximum absolute atomic E-state index is 10.1. The van der Waals surface area contributed by atoms with Crippen LogP contribution in [0.4, 0.5) is 0 Å². The van der Waals surface area contributed by atoms with E-state index in [1.807, 2.05) is 0 Å². The Labute approximate surface area is 325 Å². The molecule has 0 aliphatic heterocycles. The minimum atomic E-state index is -0.721. The summed E-state index contributed by atoms with van der Waals surface area (Å²) in [5.41, 5.74) is 0.0409. The topological polar surface area (TPSA) is 9.86 Å². The number of hydrogen-bond donors (Lipinski definition) is 0. The van der Waals surface area contributed by atoms with E-state index in [0.717, 1.165) is 11.3 Å². The Morgan fingerprint density at radius 1 is 0.431 bits per heavy atom. The maximum atomic E-state index is 10.1. The van der Waals surface area contributed by atoms with Crippen LogP contribution in [0, 0.1) is 0 Å². The number of para-hydroxylation sites is 4. The lowest BCUT2D eigenvalue weighted by Gasteiger charge is -2.13. The number of benzene rings is 8. The number of aromatic nitrogens is 2. The summed E-state index contributed by atoms with van der Waals surface area (Å²) >= 11 is 0.819. The number of thiophene rings is 1. The first-order valence-corrected chi connectivity index (χ1v) is 16.7. The highest BCUT2D eigenvalue weighted by molar-refractivity contribution is 7.26. The van der Waals surface area contributed by atoms with Gasteiger partial charge in [-0.15, -0.1) is 11.3 Å². The van der Waals surface area contributed by atoms with Crippen LogP contribution in [0.15, 0.2) is 182 Å². The number of nitrogens with zero attached hydrogens (tertiary/aromatic N) is 2. The molecule has 0 bridgehead atoms. The molecule has 0 spiro atoms. The first-order chi connectivity index (χ1) is 33.2. The highest BCUT2D eigenvalue weighted by Gasteiger charge is 2.21. The van der Waals surface area contributed by atoms with E-state index in [9.17, 15) is 9.60 Å². The summed E-state index contributed by atoms with van der Waals surface area (Å²) in [6.45, 7) is 0. The van der Waals surface area contributed by atoms with Gasteiger partial charge in [-0.1, -0.05) is 127 Å². The lowest BCUT2D eigenvalue weighted by atomic mass is 9.98. The van der Waals surface area contributed by atoms with Crippen molar-refractivity contribution in [3.05, 3.63) is 182 Å². The molecule has 0 radical (unpaired) electrons. The predicted octanol–water partition coefficient (Wildman–Crippen LogP) is 13.6. The second-order valence-electron chi connectivity index (χ2n) is 11.8. The van der Waals surface area contributed by atoms with E-state index in [1.54, 1.807) is 34.9 Å². The molecule has 0 aliphatic carbocycles. The second-order valence-corrected chi connectivity index (χ2v) is 12.8. The van der Waals surface area contributed by atoms with Crippen molar-refractivity contribution >= 4 is 75.1 Å². The average Bonchev–Trinajstić information content (AvgIpc) is 4.02. The Morgan fingerprint density at radius 3 is 2.12 bits per heavy atom. The molecule has 0 N–H and O–H groups in total. The zero-order valence-electron chi connectivity index (χ0n) is 45.2. The van der Waals surface area contributed by atoms with Crippen LogP contribution in [0.3, 0.4) is 0 Å². The minimum absolute atomic E-state index is 0.00205. The van der Waals surface area contributed by atoms with Gasteiger partial charge in [-0.2, -0.15) is 0 Å². The van der Waals surface area contributed by atoms with Crippen molar-refractivity contribution in [1.29, 1.82) is 0 Å². The monoisotopic (exact) mass is 685 g/mol. The molecule has 11 rings (SSSR count). The van der Waals surface area contributed by atoms with Crippen LogP contribution < -0.4 is 0 Å². The van der Waals surface area contributed by atoms with E-state index in [2.05, 4.69) is 0 Å². The molecule has 8 aromatic carbocycles. The fraction of sp³-hybridized carbons (Fsp3) is 0. The Hall–Kier alpha value is -6.42. The molecule has 11 aromatic rings. The molecule has 0 amide bonds. The summed E-state index contributed by atoms with van der Waals surface area (Å²) in [6, 6.07) is 7.89. The summed E-state index contributed by atoms with van der Waals surface area (Å²) < 4.78 is 176. The minimum Gasteiger partial charge on any atom is -0.309 e. The fourth-order valence-electron chi connectivity index (χ4n) is 7.03. The van der Waals surface area contributed by atoms with E-state index in [-0.39, 0.29) is 128 Å². The van der Waals surface area contributed by atoms with Crippen LogP contribution in [-0.2, 0) is 0 Å². The van der Waals surface area contributed by atoms with Gasteiger partial charge >= 0.3 is 0 Å². The van der Waals surface area contributed by atoms with Gasteiger partial charge in [0.25, 0.3) is 0 Å². The van der Waals surface area contributed by atoms with Gasteiger partial charge in [0.15, 0.2) is 0 Å². The summed E-state index contributed by atoms with van der Waals surface area (Å²) in [7, 11) is 0. The molecule has 0 unspecified atom stereocenters. The summed E-state index contributed by atoms with van der Waals surface area (Å²) in [4.78, 5) is 0. The molecule has 3 heterocycles. The van der Waals surface area contributed by atoms with Gasteiger partial charge in [-0.05, 0) is 71.1 Å². The van der Waals surface area contributed by atoms with Gasteiger partial charge in [0.2, 0.25) is 0 Å². The summed E-state index contributed by atoms with van der Waals surface area (Å²) in [5, 5.41) is -0.395. The summed E-state index contributed by atoms with van der Waals surface area (Å²) in [6.07, 6.45) is 0. The Balaban J connectivity index is 1.38. The molecule has 0 atom stereocenters. The normalized spacial score (nSPS) is 17.1. The van der Waals surface area contributed by atoms with Crippen molar-refractivity contribution in [2.75, 3.05) is 0 Å². The van der Waals surface area contributed by atoms with Crippen molar-refractivity contribution in [1.82, 2.24) is 9.13 Å². The van der Waals surface area contributed by atoms with Crippen molar-refractivity contribution in [2.24, 2.45) is 0 Å². The van der Waals surface area contributed by atoms with Crippen molar-refractivity contribution in [3.63, 3.8) is 0 Å². The molecular formula is C48H30N2S. The number of rotatable bonds is 4. The first kappa shape index (κ1) is 15.6. The third-order valence-corrected chi connectivity index (χ3v) is 10.1. The quantitative estimate of drug-likeness (QED) is 0.174. The zero-order valence-corrected chi connectivity index (χ0v) is 27.0. The number of hydrogen-bond acceptors (Lipinski definition) is 1. The lowest BCUT2D eigenvalue weighted by Crippen LogP contribution is -1.96. The number of fused-ring (bicyclic) bond motifs is 9. The van der Waals surface area contributed by atoms with Gasteiger partial charge in [-0.25, -0.2) is 0 Å². The Morgan fingerprint density at radius 2 is 1.20 bits per heavy atom. The molecule has 2 nitrogen and oxygen atoms in total. The standard InChI is InChI=1S/C48H30N2S/c1-3-14-31(15-4-1)34-20-12-26-44-46(34)47-43(25-13-27-45(47)51-44)50-41-24-10-8-19-37(41)39-30-32(28-29-42(39)50)35-21-11-22-38-36-18-7-9-23-40(36)49(48(35)38)33-16-5-2-6-17-33/h1-30H/i3D,7D,8D,9D,10D,11D,12D,13D,14D,18D,19D,20D,22D,24D,25D,26D,27D,29D,30D. The third kappa shape index (κ3) is 4.16. The van der Waals surface area contributed by atoms with Crippen LogP contribution >= 0.6 is 11.3 Å². The zero-order chi connectivity index (χ0) is 50.0. The van der Waals surface area contributed by atoms with Crippen LogP contribution in [0.5, 0.6) is 0 Å². The fourth-order valence-corrected chi connectivity index (χ4v) is 8.05. The van der Waals surface area contributed by atoms with Gasteiger partial charge in [0.05, 0.1) is 53.8 Å². The van der Waals surface area contributed by atoms with E-state index in [0.29, 0.717) is 5.69 Å². The van der Waals surface area contributed by atoms with E-state index >= 15 is 0 Å². The highest BCUT2D eigenvalue weighted by Crippen LogP contribution is 2.45. The van der Waals surface area contributed by atoms with E-state index in [4.69, 9.17) is 16.4 Å². The largest absolute Gasteiger partial charge is 0.309 e. The first-order valence-electron chi connectivity index (χ1n) is 25.4. The van der Waals surface area contributed by atoms with Crippen molar-refractivity contribution in [2.45, 2.75) is 0 Å². The molecule has 0 saturated heterocycles. The smallest absolute Gasteiger partial charge is 0.0645 e. The molecule has 0 saturated carbocycles. The Bertz CT molecular complexity index is 4230. The van der Waals surface area contributed by atoms with Gasteiger partial charge < -0.3 is 9.13 Å². The second kappa shape index (κ2) is 11.0. The van der Waals surface area contributed by atoms with Crippen molar-refractivity contribution < 1.29 is 26.0 Å². The van der Waals surface area contributed by atoms with E-state index in [1.165, 1.54) is 41.0 Å². The molecule has 0 fully saturated rings. The Kier molecular flexibility index (Phi) is 3.39. The molecular weight excluding hydrogens is 637 g/mol. The highest BCUT2D eigenvalue weighted by atomic mass is 32.1. The SMILES string of the molecule is [2H]c1cccc(-c2c([2H])c([2H])c([2H])c3sc4c([2H])c([2H])c([2H])c(-n5c6c([2H])cc(-c7cc([2H])c([2H])c8c9c([2H])c([2H])c([2H])cc9n(-c9ccccc9)c78)c([2H])c6c6c([2H])c([2H])c([2H])c([2H])c65)c4c23)c1[2H]. The predicted molar refractivity (Wildman–Crippen MR) is 219 cm³/mol. The van der Waals surface area contributed by atoms with Crippen molar-refractivity contribution in [3.8, 4) is 33.6 Å². The third-order valence-electron chi connectivity index (χ3n) is 9.12. The van der Waals surface area contributed by atoms with Crippen LogP contribution in [0.2, 0.25) is 0 Å². The molecule has 51 heavy (non-hydrogen) atoms. The molecule has 238 valence electrons. The van der Waals surface area contributed by atoms with Crippen LogP contribution in [-0.4, -0.2) is 9.13 Å². The average molecular weight is 686 g/mol. The van der Waals surface area contributed by atoms with Gasteiger partial charge in [0.1, 0.15) is 0 Å². The van der Waals surface area contributed by atoms with E-state index < -0.39 is 78.6 Å². The lowest BCUT2D eigenvalue weighted by molar-refractivity contribution is 1.18. The van der Waals surface area contributed by atoms with Crippen LogP contribution in [0.1, 0.15) is 26.0 Å².